The molecule has 1 saturated heterocycles. The molecule has 1 fully saturated rings. The number of thiazole rings is 1. The number of nitro groups is 1. The summed E-state index contributed by atoms with van der Waals surface area (Å²) < 4.78 is 34.5. The largest absolute Gasteiger partial charge is 0.490 e. The van der Waals surface area contributed by atoms with E-state index in [1.807, 2.05) is 0 Å². The van der Waals surface area contributed by atoms with Gasteiger partial charge in [-0.05, 0) is 61.0 Å². The van der Waals surface area contributed by atoms with Crippen LogP contribution in [0.3, 0.4) is 0 Å². The number of benzene rings is 3. The van der Waals surface area contributed by atoms with Crippen LogP contribution in [-0.2, 0) is 24.4 Å². The smallest absolute Gasteiger partial charge is 0.305 e. The molecule has 0 saturated carbocycles. The standard InChI is InChI=1S/C30H25N5O10S3/c1-2-44-21-13-15(3-12-20(21)45-14-22(36)32-16-4-10-19(11-5-16)48(31,42)43)23-24-26(46-27-25(23)47-30(39)33-27)29(38)34(28(24)37)17-6-8-18(9-7-17)35(40)41/h3-13,23-24,26H,2,14H2,1H3,(H,32,36)(H,33,39)(H2,31,42,43)/t23-,24?,26?/m1/s1. The van der Waals surface area contributed by atoms with Gasteiger partial charge >= 0.3 is 4.87 Å². The lowest BCUT2D eigenvalue weighted by Gasteiger charge is -2.30. The molecule has 4 aromatic rings. The van der Waals surface area contributed by atoms with E-state index < -0.39 is 56.4 Å². The van der Waals surface area contributed by atoms with Crippen molar-refractivity contribution in [1.29, 1.82) is 0 Å². The van der Waals surface area contributed by atoms with Gasteiger partial charge in [-0.25, -0.2) is 18.5 Å². The van der Waals surface area contributed by atoms with Gasteiger partial charge in [0.15, 0.2) is 18.1 Å². The van der Waals surface area contributed by atoms with Crippen molar-refractivity contribution in [3.05, 3.63) is 97.0 Å². The van der Waals surface area contributed by atoms with Crippen LogP contribution in [0.4, 0.5) is 17.1 Å². The van der Waals surface area contributed by atoms with E-state index >= 15 is 0 Å². The Morgan fingerprint density at radius 1 is 1.02 bits per heavy atom. The molecule has 3 aromatic carbocycles. The van der Waals surface area contributed by atoms with E-state index in [9.17, 15) is 37.7 Å². The lowest BCUT2D eigenvalue weighted by Crippen LogP contribution is -2.32. The number of non-ortho nitro benzene ring substituents is 1. The van der Waals surface area contributed by atoms with Crippen molar-refractivity contribution in [2.45, 2.75) is 28.0 Å². The number of aromatic amines is 1. The number of imide groups is 1. The molecule has 2 aliphatic rings. The number of nitro benzene ring substituents is 1. The number of H-pyrrole nitrogens is 1. The lowest BCUT2D eigenvalue weighted by molar-refractivity contribution is -0.384. The van der Waals surface area contributed by atoms with E-state index in [-0.39, 0.29) is 39.2 Å². The zero-order chi connectivity index (χ0) is 34.3. The van der Waals surface area contributed by atoms with Crippen LogP contribution in [0.25, 0.3) is 0 Å². The van der Waals surface area contributed by atoms with Crippen molar-refractivity contribution in [2.24, 2.45) is 11.1 Å². The number of sulfonamides is 1. The molecule has 0 bridgehead atoms. The zero-order valence-corrected chi connectivity index (χ0v) is 27.2. The molecule has 3 amide bonds. The van der Waals surface area contributed by atoms with Crippen LogP contribution in [0.1, 0.15) is 23.3 Å². The number of nitrogens with one attached hydrogen (secondary N) is 2. The SMILES string of the molecule is CCOc1cc([C@H]2c3sc(=O)[nH]c3SC3C(=O)N(c4ccc([N+](=O)[O-])cc4)C(=O)C32)ccc1OCC(=O)Nc1ccc(S(N)(=O)=O)cc1. The Labute approximate surface area is 280 Å². The molecule has 4 N–H and O–H groups in total. The fourth-order valence-corrected chi connectivity index (χ4v) is 8.56. The maximum absolute atomic E-state index is 14.0. The third-order valence-electron chi connectivity index (χ3n) is 7.59. The Balaban J connectivity index is 1.27. The first kappa shape index (κ1) is 32.9. The van der Waals surface area contributed by atoms with Crippen molar-refractivity contribution in [3.63, 3.8) is 0 Å². The zero-order valence-electron chi connectivity index (χ0n) is 24.8. The molecule has 15 nitrogen and oxygen atoms in total. The second-order valence-corrected chi connectivity index (χ2v) is 14.3. The summed E-state index contributed by atoms with van der Waals surface area (Å²) >= 11 is 2.03. The first-order valence-electron chi connectivity index (χ1n) is 14.2. The first-order valence-corrected chi connectivity index (χ1v) is 17.4. The summed E-state index contributed by atoms with van der Waals surface area (Å²) in [5, 5.41) is 18.4. The summed E-state index contributed by atoms with van der Waals surface area (Å²) in [7, 11) is -3.89. The molecule has 18 heteroatoms. The predicted octanol–water partition coefficient (Wildman–Crippen LogP) is 3.20. The number of carbonyl (C=O) groups is 3. The number of fused-ring (bicyclic) bond motifs is 2. The molecule has 0 spiro atoms. The number of ether oxygens (including phenoxy) is 2. The minimum absolute atomic E-state index is 0.108. The number of hydrogen-bond acceptors (Lipinski definition) is 12. The van der Waals surface area contributed by atoms with Crippen molar-refractivity contribution in [1.82, 2.24) is 4.98 Å². The third-order valence-corrected chi connectivity index (χ3v) is 10.9. The molecule has 0 aliphatic carbocycles. The van der Waals surface area contributed by atoms with Gasteiger partial charge in [0, 0.05) is 28.6 Å². The molecule has 2 unspecified atom stereocenters. The quantitative estimate of drug-likeness (QED) is 0.123. The molecular formula is C30H25N5O10S3. The van der Waals surface area contributed by atoms with Crippen LogP contribution < -0.4 is 29.7 Å². The summed E-state index contributed by atoms with van der Waals surface area (Å²) in [4.78, 5) is 67.2. The van der Waals surface area contributed by atoms with Crippen LogP contribution >= 0.6 is 23.1 Å². The highest BCUT2D eigenvalue weighted by Gasteiger charge is 2.56. The Hall–Kier alpha value is -5.04. The van der Waals surface area contributed by atoms with Crippen molar-refractivity contribution in [2.75, 3.05) is 23.4 Å². The van der Waals surface area contributed by atoms with Crippen molar-refractivity contribution in [3.8, 4) is 11.5 Å². The molecular weight excluding hydrogens is 687 g/mol. The average Bonchev–Trinajstić information content (AvgIpc) is 3.54. The van der Waals surface area contributed by atoms with Gasteiger partial charge in [-0.3, -0.25) is 29.3 Å². The number of nitrogens with two attached hydrogens (primary N) is 1. The summed E-state index contributed by atoms with van der Waals surface area (Å²) in [6, 6.07) is 15.3. The normalized spacial score (nSPS) is 18.6. The molecule has 3 atom stereocenters. The number of nitrogens with zero attached hydrogens (tertiary/aromatic N) is 2. The van der Waals surface area contributed by atoms with Crippen LogP contribution in [0.15, 0.2) is 81.4 Å². The highest BCUT2D eigenvalue weighted by atomic mass is 32.2. The van der Waals surface area contributed by atoms with E-state index in [4.69, 9.17) is 14.6 Å². The number of anilines is 2. The minimum Gasteiger partial charge on any atom is -0.490 e. The summed E-state index contributed by atoms with van der Waals surface area (Å²) in [6.45, 7) is 1.55. The van der Waals surface area contributed by atoms with Crippen LogP contribution in [-0.4, -0.2) is 54.5 Å². The van der Waals surface area contributed by atoms with E-state index in [0.717, 1.165) is 28.0 Å². The van der Waals surface area contributed by atoms with Gasteiger partial charge in [-0.2, -0.15) is 0 Å². The van der Waals surface area contributed by atoms with Gasteiger partial charge in [0.05, 0.1) is 33.1 Å². The second-order valence-electron chi connectivity index (χ2n) is 10.6. The van der Waals surface area contributed by atoms with Crippen LogP contribution in [0.2, 0.25) is 0 Å². The number of carbonyl (C=O) groups excluding carboxylic acids is 3. The Morgan fingerprint density at radius 3 is 2.38 bits per heavy atom. The third kappa shape index (κ3) is 6.29. The highest BCUT2D eigenvalue weighted by molar-refractivity contribution is 8.00. The van der Waals surface area contributed by atoms with Gasteiger partial charge in [0.1, 0.15) is 5.25 Å². The summed E-state index contributed by atoms with van der Waals surface area (Å²) in [6.07, 6.45) is 0. The highest BCUT2D eigenvalue weighted by Crippen LogP contribution is 2.53. The molecule has 48 heavy (non-hydrogen) atoms. The molecule has 3 heterocycles. The molecule has 6 rings (SSSR count). The molecule has 2 aliphatic heterocycles. The maximum Gasteiger partial charge on any atom is 0.305 e. The molecule has 248 valence electrons. The monoisotopic (exact) mass is 711 g/mol. The molecule has 0 radical (unpaired) electrons. The van der Waals surface area contributed by atoms with E-state index in [0.29, 0.717) is 21.2 Å². The van der Waals surface area contributed by atoms with Gasteiger partial charge in [0.25, 0.3) is 11.6 Å². The Kier molecular flexibility index (Phi) is 8.82. The van der Waals surface area contributed by atoms with Crippen LogP contribution in [0, 0.1) is 16.0 Å². The summed E-state index contributed by atoms with van der Waals surface area (Å²) in [5.74, 6) is -2.75. The minimum atomic E-state index is -3.89. The topological polar surface area (TPSA) is 221 Å². The van der Waals surface area contributed by atoms with E-state index in [1.54, 1.807) is 25.1 Å². The van der Waals surface area contributed by atoms with Crippen molar-refractivity contribution < 1.29 is 37.2 Å². The van der Waals surface area contributed by atoms with E-state index in [2.05, 4.69) is 10.3 Å². The Morgan fingerprint density at radius 2 is 1.73 bits per heavy atom. The van der Waals surface area contributed by atoms with Gasteiger partial charge in [0.2, 0.25) is 21.8 Å². The molecule has 1 aromatic heterocycles. The summed E-state index contributed by atoms with van der Waals surface area (Å²) in [5.41, 5.74) is 0.882. The Bertz CT molecular complexity index is 2110. The maximum atomic E-state index is 14.0. The van der Waals surface area contributed by atoms with Gasteiger partial charge in [-0.1, -0.05) is 29.2 Å². The average molecular weight is 712 g/mol. The lowest BCUT2D eigenvalue weighted by atomic mass is 9.83. The van der Waals surface area contributed by atoms with Crippen LogP contribution in [0.5, 0.6) is 11.5 Å². The first-order chi connectivity index (χ1) is 22.8. The number of rotatable bonds is 10. The fraction of sp³-hybridized carbons (Fsp3) is 0.200. The number of primary sulfonamides is 1. The number of hydrogen-bond donors (Lipinski definition) is 3. The number of thioether (sulfide) groups is 1. The van der Waals surface area contributed by atoms with Gasteiger partial charge < -0.3 is 19.8 Å². The number of aromatic nitrogens is 1. The predicted molar refractivity (Wildman–Crippen MR) is 175 cm³/mol. The second kappa shape index (κ2) is 12.9. The fourth-order valence-electron chi connectivity index (χ4n) is 5.53. The van der Waals surface area contributed by atoms with Gasteiger partial charge in [-0.15, -0.1) is 0 Å². The van der Waals surface area contributed by atoms with E-state index in [1.165, 1.54) is 48.5 Å². The van der Waals surface area contributed by atoms with Crippen molar-refractivity contribution >= 4 is 67.9 Å². The number of amides is 3.